The molecular weight excluding hydrogens is 646 g/mol. The summed E-state index contributed by atoms with van der Waals surface area (Å²) < 4.78 is 55.0. The minimum absolute atomic E-state index is 0.0754. The van der Waals surface area contributed by atoms with E-state index in [4.69, 9.17) is 32.7 Å². The van der Waals surface area contributed by atoms with Gasteiger partial charge in [-0.3, -0.25) is 10.1 Å². The van der Waals surface area contributed by atoms with Crippen molar-refractivity contribution in [3.8, 4) is 11.5 Å². The zero-order chi connectivity index (χ0) is 33.0. The molecule has 2 heterocycles. The maximum absolute atomic E-state index is 14.1. The Morgan fingerprint density at radius 1 is 1.04 bits per heavy atom. The zero-order valence-electron chi connectivity index (χ0n) is 25.3. The highest BCUT2D eigenvalue weighted by atomic mass is 35.5. The van der Waals surface area contributed by atoms with Crippen molar-refractivity contribution in [3.05, 3.63) is 87.2 Å². The van der Waals surface area contributed by atoms with E-state index in [-0.39, 0.29) is 30.0 Å². The molecule has 1 fully saturated rings. The number of benzene rings is 3. The molecule has 246 valence electrons. The highest BCUT2D eigenvalue weighted by molar-refractivity contribution is 6.42. The zero-order valence-corrected chi connectivity index (χ0v) is 26.8. The molecule has 2 atom stereocenters. The molecule has 2 unspecified atom stereocenters. The molecule has 2 N–H and O–H groups in total. The van der Waals surface area contributed by atoms with E-state index < -0.39 is 30.0 Å². The molecule has 13 heteroatoms. The molecule has 46 heavy (non-hydrogen) atoms. The summed E-state index contributed by atoms with van der Waals surface area (Å²) in [6.45, 7) is 0.436. The van der Waals surface area contributed by atoms with Crippen LogP contribution >= 0.6 is 23.2 Å². The SMILES string of the molecule is COc1cc(CNC(=O)C(CCC(C)N2CCC3(CC2)OC(=O)Nc2ccc(F)cc23)c2ccc(Cl)c(Cl)c2)ccc1OC(F)F. The predicted molar refractivity (Wildman–Crippen MR) is 168 cm³/mol. The van der Waals surface area contributed by atoms with Gasteiger partial charge in [0.05, 0.1) is 28.8 Å². The van der Waals surface area contributed by atoms with E-state index in [0.29, 0.717) is 71.2 Å². The highest BCUT2D eigenvalue weighted by Crippen LogP contribution is 2.44. The number of carbonyl (C=O) groups is 2. The van der Waals surface area contributed by atoms with Gasteiger partial charge in [-0.2, -0.15) is 8.78 Å². The number of methoxy groups -OCH3 is 1. The summed E-state index contributed by atoms with van der Waals surface area (Å²) in [6.07, 6.45) is 1.60. The number of anilines is 1. The molecule has 1 saturated heterocycles. The second kappa shape index (κ2) is 14.4. The fourth-order valence-corrected chi connectivity index (χ4v) is 6.47. The lowest BCUT2D eigenvalue weighted by Crippen LogP contribution is -2.50. The number of likely N-dealkylation sites (tertiary alicyclic amines) is 1. The van der Waals surface area contributed by atoms with Gasteiger partial charge in [-0.1, -0.05) is 35.3 Å². The van der Waals surface area contributed by atoms with E-state index in [1.165, 1.54) is 31.4 Å². The summed E-state index contributed by atoms with van der Waals surface area (Å²) in [4.78, 5) is 28.2. The lowest BCUT2D eigenvalue weighted by atomic mass is 9.81. The van der Waals surface area contributed by atoms with E-state index in [1.54, 1.807) is 30.3 Å². The number of alkyl halides is 2. The van der Waals surface area contributed by atoms with Gasteiger partial charge in [0, 0.05) is 44.1 Å². The van der Waals surface area contributed by atoms with Crippen molar-refractivity contribution in [3.63, 3.8) is 0 Å². The van der Waals surface area contributed by atoms with Crippen LogP contribution in [0.15, 0.2) is 54.6 Å². The number of ether oxygens (including phenoxy) is 3. The second-order valence-corrected chi connectivity index (χ2v) is 12.3. The molecular formula is C33H34Cl2F3N3O5. The number of halogens is 5. The van der Waals surface area contributed by atoms with Gasteiger partial charge in [0.15, 0.2) is 11.5 Å². The van der Waals surface area contributed by atoms with Crippen LogP contribution in [-0.4, -0.2) is 49.8 Å². The van der Waals surface area contributed by atoms with Crippen LogP contribution in [0, 0.1) is 5.82 Å². The van der Waals surface area contributed by atoms with Gasteiger partial charge in [-0.05, 0) is 73.4 Å². The van der Waals surface area contributed by atoms with Crippen molar-refractivity contribution >= 4 is 40.9 Å². The Hall–Kier alpha value is -3.67. The molecule has 0 aliphatic carbocycles. The third kappa shape index (κ3) is 7.65. The molecule has 3 aromatic rings. The van der Waals surface area contributed by atoms with Gasteiger partial charge in [0.2, 0.25) is 5.91 Å². The average molecular weight is 681 g/mol. The number of nitrogens with zero attached hydrogens (tertiary/aromatic N) is 1. The van der Waals surface area contributed by atoms with Crippen LogP contribution in [0.1, 0.15) is 55.2 Å². The molecule has 1 spiro atoms. The molecule has 2 aliphatic rings. The number of piperidine rings is 1. The highest BCUT2D eigenvalue weighted by Gasteiger charge is 2.45. The molecule has 0 radical (unpaired) electrons. The summed E-state index contributed by atoms with van der Waals surface area (Å²) >= 11 is 12.5. The van der Waals surface area contributed by atoms with E-state index in [1.807, 2.05) is 0 Å². The Morgan fingerprint density at radius 3 is 2.50 bits per heavy atom. The predicted octanol–water partition coefficient (Wildman–Crippen LogP) is 7.86. The number of amides is 2. The van der Waals surface area contributed by atoms with E-state index >= 15 is 0 Å². The fourth-order valence-electron chi connectivity index (χ4n) is 6.16. The van der Waals surface area contributed by atoms with E-state index in [0.717, 1.165) is 0 Å². The molecule has 2 aliphatic heterocycles. The Labute approximate surface area is 275 Å². The lowest BCUT2D eigenvalue weighted by Gasteiger charge is -2.45. The Morgan fingerprint density at radius 2 is 1.80 bits per heavy atom. The molecule has 0 saturated carbocycles. The monoisotopic (exact) mass is 679 g/mol. The smallest absolute Gasteiger partial charge is 0.412 e. The van der Waals surface area contributed by atoms with Crippen molar-refractivity contribution in [2.24, 2.45) is 0 Å². The molecule has 2 amide bonds. The summed E-state index contributed by atoms with van der Waals surface area (Å²) in [5.41, 5.74) is 1.64. The summed E-state index contributed by atoms with van der Waals surface area (Å²) in [6, 6.07) is 14.0. The van der Waals surface area contributed by atoms with Gasteiger partial charge >= 0.3 is 12.7 Å². The maximum Gasteiger partial charge on any atom is 0.412 e. The first-order valence-corrected chi connectivity index (χ1v) is 15.6. The average Bonchev–Trinajstić information content (AvgIpc) is 3.02. The van der Waals surface area contributed by atoms with Crippen molar-refractivity contribution < 1.29 is 37.0 Å². The van der Waals surface area contributed by atoms with Gasteiger partial charge in [-0.25, -0.2) is 9.18 Å². The number of rotatable bonds is 11. The molecule has 0 aromatic heterocycles. The standard InChI is InChI=1S/C33H34Cl2F3N3O5/c1-19(41-13-11-33(12-14-41)24-17-22(36)6-9-27(24)40-32(43)46-33)3-7-23(21-5-8-25(34)26(35)16-21)30(42)39-18-20-4-10-28(45-31(37)38)29(15-20)44-2/h4-6,8-10,15-17,19,23,31H,3,7,11-14,18H2,1-2H3,(H,39,42)(H,40,43). The third-order valence-electron chi connectivity index (χ3n) is 8.67. The largest absolute Gasteiger partial charge is 0.493 e. The topological polar surface area (TPSA) is 89.1 Å². The summed E-state index contributed by atoms with van der Waals surface area (Å²) in [5.74, 6) is -1.17. The Kier molecular flexibility index (Phi) is 10.5. The molecule has 0 bridgehead atoms. The second-order valence-electron chi connectivity index (χ2n) is 11.5. The number of nitrogens with one attached hydrogen (secondary N) is 2. The quantitative estimate of drug-likeness (QED) is 0.215. The van der Waals surface area contributed by atoms with Gasteiger partial charge in [0.1, 0.15) is 11.4 Å². The number of fused-ring (bicyclic) bond motifs is 2. The van der Waals surface area contributed by atoms with Gasteiger partial charge in [0.25, 0.3) is 0 Å². The molecule has 8 nitrogen and oxygen atoms in total. The fraction of sp³-hybridized carbons (Fsp3) is 0.394. The van der Waals surface area contributed by atoms with E-state index in [2.05, 4.69) is 27.2 Å². The summed E-state index contributed by atoms with van der Waals surface area (Å²) in [7, 11) is 1.34. The van der Waals surface area contributed by atoms with Crippen LogP contribution in [0.3, 0.4) is 0 Å². The van der Waals surface area contributed by atoms with Crippen molar-refractivity contribution in [2.45, 2.75) is 63.3 Å². The van der Waals surface area contributed by atoms with Crippen LogP contribution in [0.2, 0.25) is 10.0 Å². The van der Waals surface area contributed by atoms with E-state index in [9.17, 15) is 22.8 Å². The lowest BCUT2D eigenvalue weighted by molar-refractivity contribution is -0.123. The molecule has 5 rings (SSSR count). The number of hydrogen-bond acceptors (Lipinski definition) is 6. The Balaban J connectivity index is 1.25. The minimum atomic E-state index is -3.00. The normalized spacial score (nSPS) is 17.1. The minimum Gasteiger partial charge on any atom is -0.493 e. The van der Waals surface area contributed by atoms with Crippen LogP contribution in [0.5, 0.6) is 11.5 Å². The van der Waals surface area contributed by atoms with Crippen LogP contribution in [0.25, 0.3) is 0 Å². The summed E-state index contributed by atoms with van der Waals surface area (Å²) in [5, 5.41) is 6.31. The van der Waals surface area contributed by atoms with Crippen molar-refractivity contribution in [2.75, 3.05) is 25.5 Å². The molecule has 3 aromatic carbocycles. The first-order chi connectivity index (χ1) is 22.0. The maximum atomic E-state index is 14.1. The Bertz CT molecular complexity index is 1590. The van der Waals surface area contributed by atoms with Crippen LogP contribution < -0.4 is 20.1 Å². The van der Waals surface area contributed by atoms with Crippen LogP contribution in [-0.2, 0) is 21.7 Å². The van der Waals surface area contributed by atoms with Gasteiger partial charge < -0.3 is 24.4 Å². The third-order valence-corrected chi connectivity index (χ3v) is 9.41. The van der Waals surface area contributed by atoms with Crippen LogP contribution in [0.4, 0.5) is 23.7 Å². The number of hydrogen-bond donors (Lipinski definition) is 2. The van der Waals surface area contributed by atoms with Gasteiger partial charge in [-0.15, -0.1) is 0 Å². The van der Waals surface area contributed by atoms with Crippen molar-refractivity contribution in [1.82, 2.24) is 10.2 Å². The first kappa shape index (κ1) is 33.7. The number of carbonyl (C=O) groups excluding carboxylic acids is 2. The first-order valence-electron chi connectivity index (χ1n) is 14.9. The van der Waals surface area contributed by atoms with Crippen molar-refractivity contribution in [1.29, 1.82) is 0 Å².